The summed E-state index contributed by atoms with van der Waals surface area (Å²) in [4.78, 5) is 0. The summed E-state index contributed by atoms with van der Waals surface area (Å²) in [5.74, 6) is 0. The molecule has 0 spiro atoms. The zero-order chi connectivity index (χ0) is 15.9. The number of rotatable bonds is 14. The number of unbranched alkanes of at least 4 members (excludes halogenated alkanes) is 8. The van der Waals surface area contributed by atoms with Gasteiger partial charge in [0.25, 0.3) is 0 Å². The third-order valence-corrected chi connectivity index (χ3v) is 4.14. The molecule has 132 valence electrons. The normalized spacial score (nSPS) is 22.1. The first-order valence-corrected chi connectivity index (χ1v) is 9.32. The van der Waals surface area contributed by atoms with E-state index in [0.29, 0.717) is 26.2 Å². The molecule has 4 heteroatoms. The van der Waals surface area contributed by atoms with Crippen molar-refractivity contribution in [2.24, 2.45) is 0 Å². The van der Waals surface area contributed by atoms with E-state index in [4.69, 9.17) is 19.3 Å². The molecule has 1 N–H and O–H groups in total. The lowest BCUT2D eigenvalue weighted by molar-refractivity contribution is -0.228. The second-order valence-electron chi connectivity index (χ2n) is 6.28. The average Bonchev–Trinajstić information content (AvgIpc) is 2.55. The molecule has 0 aliphatic carbocycles. The molecule has 0 aromatic heterocycles. The first kappa shape index (κ1) is 19.9. The smallest absolute Gasteiger partial charge is 0.157 e. The van der Waals surface area contributed by atoms with Crippen LogP contribution in [-0.4, -0.2) is 43.9 Å². The molecule has 1 aliphatic rings. The van der Waals surface area contributed by atoms with Crippen LogP contribution in [0, 0.1) is 0 Å². The van der Waals surface area contributed by atoms with E-state index >= 15 is 0 Å². The Hall–Kier alpha value is -0.160. The Balaban J connectivity index is 1.84. The van der Waals surface area contributed by atoms with Gasteiger partial charge in [-0.2, -0.15) is 0 Å². The number of aliphatic hydroxyl groups is 1. The Labute approximate surface area is 136 Å². The Morgan fingerprint density at radius 3 is 2.05 bits per heavy atom. The molecule has 1 fully saturated rings. The van der Waals surface area contributed by atoms with Gasteiger partial charge in [-0.25, -0.2) is 0 Å². The van der Waals surface area contributed by atoms with Crippen molar-refractivity contribution in [2.75, 3.05) is 26.4 Å². The molecule has 0 atom stereocenters. The van der Waals surface area contributed by atoms with Crippen molar-refractivity contribution in [1.29, 1.82) is 0 Å². The molecule has 0 saturated carbocycles. The first-order valence-electron chi connectivity index (χ1n) is 9.32. The standard InChI is InChI=1S/C18H36O4/c1-2-3-4-5-6-7-8-9-10-12-18-21-15-17(16-22-18)20-14-11-13-19/h17-19H,2-16H2,1H3. The quantitative estimate of drug-likeness (QED) is 0.491. The zero-order valence-corrected chi connectivity index (χ0v) is 14.4. The molecule has 0 aromatic carbocycles. The van der Waals surface area contributed by atoms with Crippen LogP contribution >= 0.6 is 0 Å². The number of hydrogen-bond donors (Lipinski definition) is 1. The molecule has 1 rings (SSSR count). The molecule has 1 saturated heterocycles. The Morgan fingerprint density at radius 2 is 1.45 bits per heavy atom. The molecule has 4 nitrogen and oxygen atoms in total. The van der Waals surface area contributed by atoms with Crippen molar-refractivity contribution in [1.82, 2.24) is 0 Å². The minimum atomic E-state index is -0.0396. The Bertz CT molecular complexity index is 227. The fraction of sp³-hybridized carbons (Fsp3) is 1.00. The third-order valence-electron chi connectivity index (χ3n) is 4.14. The van der Waals surface area contributed by atoms with Gasteiger partial charge in [0, 0.05) is 13.2 Å². The van der Waals surface area contributed by atoms with Gasteiger partial charge in [-0.15, -0.1) is 0 Å². The predicted molar refractivity (Wildman–Crippen MR) is 89.0 cm³/mol. The zero-order valence-electron chi connectivity index (χ0n) is 14.4. The van der Waals surface area contributed by atoms with Gasteiger partial charge in [-0.05, 0) is 19.3 Å². The van der Waals surface area contributed by atoms with E-state index in [9.17, 15) is 0 Å². The lowest BCUT2D eigenvalue weighted by atomic mass is 10.1. The summed E-state index contributed by atoms with van der Waals surface area (Å²) in [6, 6.07) is 0. The lowest BCUT2D eigenvalue weighted by Crippen LogP contribution is -2.37. The second-order valence-corrected chi connectivity index (χ2v) is 6.28. The molecule has 0 radical (unpaired) electrons. The molecule has 0 amide bonds. The molecule has 22 heavy (non-hydrogen) atoms. The lowest BCUT2D eigenvalue weighted by Gasteiger charge is -2.29. The fourth-order valence-electron chi connectivity index (χ4n) is 2.72. The van der Waals surface area contributed by atoms with Gasteiger partial charge in [-0.3, -0.25) is 0 Å². The minimum Gasteiger partial charge on any atom is -0.396 e. The van der Waals surface area contributed by atoms with Crippen molar-refractivity contribution >= 4 is 0 Å². The third kappa shape index (κ3) is 10.5. The summed E-state index contributed by atoms with van der Waals surface area (Å²) < 4.78 is 16.9. The van der Waals surface area contributed by atoms with Crippen molar-refractivity contribution in [3.63, 3.8) is 0 Å². The van der Waals surface area contributed by atoms with E-state index in [0.717, 1.165) is 6.42 Å². The Kier molecular flexibility index (Phi) is 13.0. The Morgan fingerprint density at radius 1 is 0.864 bits per heavy atom. The number of hydrogen-bond acceptors (Lipinski definition) is 4. The molecule has 1 heterocycles. The van der Waals surface area contributed by atoms with Gasteiger partial charge in [0.15, 0.2) is 6.29 Å². The van der Waals surface area contributed by atoms with Crippen LogP contribution in [0.2, 0.25) is 0 Å². The topological polar surface area (TPSA) is 47.9 Å². The van der Waals surface area contributed by atoms with Gasteiger partial charge in [0.2, 0.25) is 0 Å². The van der Waals surface area contributed by atoms with Crippen LogP contribution in [0.4, 0.5) is 0 Å². The van der Waals surface area contributed by atoms with Gasteiger partial charge in [0.05, 0.1) is 13.2 Å². The van der Waals surface area contributed by atoms with Crippen LogP contribution in [0.15, 0.2) is 0 Å². The van der Waals surface area contributed by atoms with Crippen molar-refractivity contribution in [2.45, 2.75) is 89.9 Å². The van der Waals surface area contributed by atoms with Crippen molar-refractivity contribution in [3.05, 3.63) is 0 Å². The van der Waals surface area contributed by atoms with Crippen LogP contribution < -0.4 is 0 Å². The summed E-state index contributed by atoms with van der Waals surface area (Å²) in [6.07, 6.45) is 13.8. The van der Waals surface area contributed by atoms with Crippen molar-refractivity contribution in [3.8, 4) is 0 Å². The summed E-state index contributed by atoms with van der Waals surface area (Å²) in [5.41, 5.74) is 0. The summed E-state index contributed by atoms with van der Waals surface area (Å²) in [5, 5.41) is 8.71. The van der Waals surface area contributed by atoms with E-state index in [1.165, 1.54) is 57.8 Å². The maximum absolute atomic E-state index is 8.71. The molecule has 0 bridgehead atoms. The molecule has 1 aliphatic heterocycles. The van der Waals surface area contributed by atoms with E-state index in [1.54, 1.807) is 0 Å². The van der Waals surface area contributed by atoms with E-state index < -0.39 is 0 Å². The summed E-state index contributed by atoms with van der Waals surface area (Å²) >= 11 is 0. The average molecular weight is 316 g/mol. The summed E-state index contributed by atoms with van der Waals surface area (Å²) in [6.45, 7) is 4.26. The maximum atomic E-state index is 8.71. The van der Waals surface area contributed by atoms with Gasteiger partial charge in [0.1, 0.15) is 6.10 Å². The van der Waals surface area contributed by atoms with Gasteiger partial charge < -0.3 is 19.3 Å². The SMILES string of the molecule is CCCCCCCCCCCC1OCC(OCCCO)CO1. The van der Waals surface area contributed by atoms with Crippen LogP contribution in [0.25, 0.3) is 0 Å². The van der Waals surface area contributed by atoms with Crippen molar-refractivity contribution < 1.29 is 19.3 Å². The van der Waals surface area contributed by atoms with Crippen LogP contribution in [-0.2, 0) is 14.2 Å². The van der Waals surface area contributed by atoms with E-state index in [1.807, 2.05) is 0 Å². The maximum Gasteiger partial charge on any atom is 0.157 e. The highest BCUT2D eigenvalue weighted by Crippen LogP contribution is 2.16. The van der Waals surface area contributed by atoms with E-state index in [-0.39, 0.29) is 19.0 Å². The van der Waals surface area contributed by atoms with Crippen LogP contribution in [0.1, 0.15) is 77.6 Å². The highest BCUT2D eigenvalue weighted by atomic mass is 16.7. The summed E-state index contributed by atoms with van der Waals surface area (Å²) in [7, 11) is 0. The largest absolute Gasteiger partial charge is 0.396 e. The fourth-order valence-corrected chi connectivity index (χ4v) is 2.72. The number of ether oxygens (including phenoxy) is 3. The second kappa shape index (κ2) is 14.4. The molecule has 0 unspecified atom stereocenters. The highest BCUT2D eigenvalue weighted by Gasteiger charge is 2.22. The monoisotopic (exact) mass is 316 g/mol. The van der Waals surface area contributed by atoms with Gasteiger partial charge >= 0.3 is 0 Å². The minimum absolute atomic E-state index is 0.0333. The highest BCUT2D eigenvalue weighted by molar-refractivity contribution is 4.63. The van der Waals surface area contributed by atoms with E-state index in [2.05, 4.69) is 6.92 Å². The van der Waals surface area contributed by atoms with Gasteiger partial charge in [-0.1, -0.05) is 58.3 Å². The van der Waals surface area contributed by atoms with Crippen LogP contribution in [0.3, 0.4) is 0 Å². The first-order chi connectivity index (χ1) is 10.9. The predicted octanol–water partition coefficient (Wildman–Crippen LogP) is 4.05. The number of aliphatic hydroxyl groups excluding tert-OH is 1. The molecule has 0 aromatic rings. The molecular weight excluding hydrogens is 280 g/mol. The molecular formula is C18H36O4. The van der Waals surface area contributed by atoms with Crippen LogP contribution in [0.5, 0.6) is 0 Å².